The van der Waals surface area contributed by atoms with E-state index in [1.54, 1.807) is 7.05 Å². The van der Waals surface area contributed by atoms with Crippen LogP contribution in [-0.4, -0.2) is 32.0 Å². The van der Waals surface area contributed by atoms with E-state index >= 15 is 0 Å². The second-order valence-corrected chi connectivity index (χ2v) is 6.22. The highest BCUT2D eigenvalue weighted by Crippen LogP contribution is 2.11. The zero-order valence-electron chi connectivity index (χ0n) is 15.6. The maximum Gasteiger partial charge on any atom is 0.251 e. The lowest BCUT2D eigenvalue weighted by Crippen LogP contribution is -2.38. The summed E-state index contributed by atoms with van der Waals surface area (Å²) in [6, 6.07) is 15.3. The van der Waals surface area contributed by atoms with Gasteiger partial charge in [-0.05, 0) is 48.7 Å². The molecule has 0 aliphatic rings. The van der Waals surface area contributed by atoms with E-state index in [9.17, 15) is 4.79 Å². The van der Waals surface area contributed by atoms with Crippen molar-refractivity contribution in [2.24, 2.45) is 4.99 Å². The SMILES string of the molecule is CCNC(=NCc1cccc(Cl)c1)NCCc1cccc(C(=O)NC)c1.I. The topological polar surface area (TPSA) is 65.5 Å². The molecule has 0 heterocycles. The highest BCUT2D eigenvalue weighted by Gasteiger charge is 2.04. The van der Waals surface area contributed by atoms with Gasteiger partial charge in [-0.1, -0.05) is 35.9 Å². The molecule has 146 valence electrons. The monoisotopic (exact) mass is 500 g/mol. The van der Waals surface area contributed by atoms with E-state index in [1.807, 2.05) is 55.5 Å². The Balaban J connectivity index is 0.00000364. The van der Waals surface area contributed by atoms with Crippen molar-refractivity contribution in [1.82, 2.24) is 16.0 Å². The largest absolute Gasteiger partial charge is 0.357 e. The molecule has 2 aromatic rings. The average Bonchev–Trinajstić information content (AvgIpc) is 2.66. The van der Waals surface area contributed by atoms with Crippen LogP contribution in [0.2, 0.25) is 5.02 Å². The summed E-state index contributed by atoms with van der Waals surface area (Å²) in [5.41, 5.74) is 2.84. The van der Waals surface area contributed by atoms with Gasteiger partial charge in [0.25, 0.3) is 5.91 Å². The molecule has 0 aliphatic heterocycles. The predicted octanol–water partition coefficient (Wildman–Crippen LogP) is 3.62. The first kappa shape index (κ1) is 23.2. The minimum Gasteiger partial charge on any atom is -0.357 e. The molecule has 2 rings (SSSR count). The van der Waals surface area contributed by atoms with E-state index in [0.717, 1.165) is 36.6 Å². The Morgan fingerprint density at radius 1 is 1.07 bits per heavy atom. The number of guanidine groups is 1. The van der Waals surface area contributed by atoms with Gasteiger partial charge in [-0.3, -0.25) is 4.79 Å². The minimum atomic E-state index is -0.0729. The van der Waals surface area contributed by atoms with Crippen LogP contribution in [0.15, 0.2) is 53.5 Å². The van der Waals surface area contributed by atoms with Crippen molar-refractivity contribution in [3.63, 3.8) is 0 Å². The lowest BCUT2D eigenvalue weighted by atomic mass is 10.1. The van der Waals surface area contributed by atoms with Gasteiger partial charge in [0.15, 0.2) is 5.96 Å². The molecule has 0 unspecified atom stereocenters. The van der Waals surface area contributed by atoms with Crippen LogP contribution < -0.4 is 16.0 Å². The highest BCUT2D eigenvalue weighted by molar-refractivity contribution is 14.0. The van der Waals surface area contributed by atoms with Gasteiger partial charge in [-0.25, -0.2) is 4.99 Å². The summed E-state index contributed by atoms with van der Waals surface area (Å²) in [5, 5.41) is 9.91. The van der Waals surface area contributed by atoms with Crippen molar-refractivity contribution < 1.29 is 4.79 Å². The van der Waals surface area contributed by atoms with Gasteiger partial charge in [0.05, 0.1) is 6.54 Å². The number of carbonyl (C=O) groups is 1. The van der Waals surface area contributed by atoms with Crippen LogP contribution in [0.1, 0.15) is 28.4 Å². The van der Waals surface area contributed by atoms with Crippen LogP contribution in [0.25, 0.3) is 0 Å². The number of nitrogens with zero attached hydrogens (tertiary/aromatic N) is 1. The summed E-state index contributed by atoms with van der Waals surface area (Å²) in [7, 11) is 1.63. The van der Waals surface area contributed by atoms with Crippen molar-refractivity contribution in [1.29, 1.82) is 0 Å². The molecule has 2 aromatic carbocycles. The van der Waals surface area contributed by atoms with Crippen molar-refractivity contribution >= 4 is 47.4 Å². The Labute approximate surface area is 183 Å². The molecule has 0 radical (unpaired) electrons. The number of nitrogens with one attached hydrogen (secondary N) is 3. The van der Waals surface area contributed by atoms with E-state index in [4.69, 9.17) is 11.6 Å². The van der Waals surface area contributed by atoms with Gasteiger partial charge in [-0.2, -0.15) is 0 Å². The van der Waals surface area contributed by atoms with Gasteiger partial charge >= 0.3 is 0 Å². The second-order valence-electron chi connectivity index (χ2n) is 5.78. The van der Waals surface area contributed by atoms with E-state index in [1.165, 1.54) is 0 Å². The third kappa shape index (κ3) is 8.17. The average molecular weight is 501 g/mol. The fourth-order valence-corrected chi connectivity index (χ4v) is 2.70. The van der Waals surface area contributed by atoms with Crippen LogP contribution in [0.5, 0.6) is 0 Å². The molecule has 0 bridgehead atoms. The fraction of sp³-hybridized carbons (Fsp3) is 0.300. The molecule has 0 aromatic heterocycles. The molecular weight excluding hydrogens is 475 g/mol. The molecule has 3 N–H and O–H groups in total. The third-order valence-corrected chi connectivity index (χ3v) is 4.01. The number of benzene rings is 2. The maximum absolute atomic E-state index is 11.7. The summed E-state index contributed by atoms with van der Waals surface area (Å²) in [4.78, 5) is 16.3. The zero-order chi connectivity index (χ0) is 18.8. The standard InChI is InChI=1S/C20H25ClN4O.HI/c1-3-23-20(25-14-16-7-5-9-18(21)13-16)24-11-10-15-6-4-8-17(12-15)19(26)22-2;/h4-9,12-13H,3,10-11,14H2,1-2H3,(H,22,26)(H2,23,24,25);1H. The first-order valence-electron chi connectivity index (χ1n) is 8.70. The number of carbonyl (C=O) groups excluding carboxylic acids is 1. The van der Waals surface area contributed by atoms with E-state index in [0.29, 0.717) is 17.1 Å². The molecule has 1 amide bonds. The summed E-state index contributed by atoms with van der Waals surface area (Å²) in [6.07, 6.45) is 0.798. The number of rotatable bonds is 7. The normalized spacial score (nSPS) is 10.7. The van der Waals surface area contributed by atoms with Gasteiger partial charge in [0.1, 0.15) is 0 Å². The molecule has 27 heavy (non-hydrogen) atoms. The minimum absolute atomic E-state index is 0. The van der Waals surface area contributed by atoms with E-state index < -0.39 is 0 Å². The smallest absolute Gasteiger partial charge is 0.251 e. The first-order chi connectivity index (χ1) is 12.6. The lowest BCUT2D eigenvalue weighted by Gasteiger charge is -2.12. The van der Waals surface area contributed by atoms with Crippen LogP contribution in [-0.2, 0) is 13.0 Å². The first-order valence-corrected chi connectivity index (χ1v) is 9.07. The van der Waals surface area contributed by atoms with Gasteiger partial charge in [0.2, 0.25) is 0 Å². The molecule has 0 fully saturated rings. The molecule has 7 heteroatoms. The van der Waals surface area contributed by atoms with Crippen LogP contribution >= 0.6 is 35.6 Å². The van der Waals surface area contributed by atoms with Crippen LogP contribution in [0.3, 0.4) is 0 Å². The Kier molecular flexibility index (Phi) is 10.8. The molecule has 5 nitrogen and oxygen atoms in total. The van der Waals surface area contributed by atoms with E-state index in [-0.39, 0.29) is 29.9 Å². The number of halogens is 2. The summed E-state index contributed by atoms with van der Waals surface area (Å²) in [6.45, 7) is 4.09. The molecular formula is C20H26ClIN4O. The Morgan fingerprint density at radius 3 is 2.52 bits per heavy atom. The molecule has 0 saturated heterocycles. The van der Waals surface area contributed by atoms with Gasteiger partial charge in [0, 0.05) is 30.7 Å². The second kappa shape index (κ2) is 12.6. The molecule has 0 aliphatic carbocycles. The summed E-state index contributed by atoms with van der Waals surface area (Å²) < 4.78 is 0. The Bertz CT molecular complexity index is 767. The third-order valence-electron chi connectivity index (χ3n) is 3.78. The molecule has 0 saturated carbocycles. The van der Waals surface area contributed by atoms with Crippen molar-refractivity contribution in [2.75, 3.05) is 20.1 Å². The Hall–Kier alpha value is -1.80. The predicted molar refractivity (Wildman–Crippen MR) is 123 cm³/mol. The number of aliphatic imine (C=N–C) groups is 1. The van der Waals surface area contributed by atoms with E-state index in [2.05, 4.69) is 20.9 Å². The fourth-order valence-electron chi connectivity index (χ4n) is 2.49. The quantitative estimate of drug-likeness (QED) is 0.309. The van der Waals surface area contributed by atoms with Gasteiger partial charge < -0.3 is 16.0 Å². The number of amides is 1. The zero-order valence-corrected chi connectivity index (χ0v) is 18.7. The highest BCUT2D eigenvalue weighted by atomic mass is 127. The maximum atomic E-state index is 11.7. The Morgan fingerprint density at radius 2 is 1.81 bits per heavy atom. The van der Waals surface area contributed by atoms with Crippen molar-refractivity contribution in [2.45, 2.75) is 19.9 Å². The van der Waals surface area contributed by atoms with Crippen LogP contribution in [0.4, 0.5) is 0 Å². The summed E-state index contributed by atoms with van der Waals surface area (Å²) >= 11 is 6.01. The van der Waals surface area contributed by atoms with Crippen molar-refractivity contribution in [3.8, 4) is 0 Å². The van der Waals surface area contributed by atoms with Gasteiger partial charge in [-0.15, -0.1) is 24.0 Å². The van der Waals surface area contributed by atoms with Crippen LogP contribution in [0, 0.1) is 0 Å². The molecule has 0 atom stereocenters. The number of hydrogen-bond donors (Lipinski definition) is 3. The van der Waals surface area contributed by atoms with Crippen molar-refractivity contribution in [3.05, 3.63) is 70.2 Å². The lowest BCUT2D eigenvalue weighted by molar-refractivity contribution is 0.0963. The number of hydrogen-bond acceptors (Lipinski definition) is 2. The molecule has 0 spiro atoms. The summed E-state index contributed by atoms with van der Waals surface area (Å²) in [5.74, 6) is 0.686.